The van der Waals surface area contributed by atoms with E-state index in [0.29, 0.717) is 13.0 Å². The summed E-state index contributed by atoms with van der Waals surface area (Å²) in [4.78, 5) is 25.7. The first kappa shape index (κ1) is 18.9. The number of hydrogen-bond acceptors (Lipinski definition) is 5. The van der Waals surface area contributed by atoms with Crippen LogP contribution in [0.4, 0.5) is 5.82 Å². The molecule has 28 heavy (non-hydrogen) atoms. The first-order valence-corrected chi connectivity index (χ1v) is 10.8. The SMILES string of the molecule is Cc1sc2ncnc(NCCC(=O)N3CCC(C)CC3)c2c1-c1ccccc1. The highest BCUT2D eigenvalue weighted by Gasteiger charge is 2.20. The molecule has 1 aromatic carbocycles. The third-order valence-corrected chi connectivity index (χ3v) is 6.51. The highest BCUT2D eigenvalue weighted by Crippen LogP contribution is 2.40. The maximum absolute atomic E-state index is 12.5. The normalized spacial score (nSPS) is 15.1. The molecule has 146 valence electrons. The highest BCUT2D eigenvalue weighted by molar-refractivity contribution is 7.19. The molecule has 0 aliphatic carbocycles. The fourth-order valence-corrected chi connectivity index (χ4v) is 4.85. The molecule has 6 heteroatoms. The van der Waals surface area contributed by atoms with Crippen molar-refractivity contribution < 1.29 is 4.79 Å². The van der Waals surface area contributed by atoms with Crippen LogP contribution in [0, 0.1) is 12.8 Å². The number of anilines is 1. The number of amides is 1. The quantitative estimate of drug-likeness (QED) is 0.680. The summed E-state index contributed by atoms with van der Waals surface area (Å²) in [5.74, 6) is 1.78. The minimum absolute atomic E-state index is 0.231. The molecule has 1 amide bonds. The van der Waals surface area contributed by atoms with Gasteiger partial charge in [-0.3, -0.25) is 4.79 Å². The van der Waals surface area contributed by atoms with E-state index in [-0.39, 0.29) is 5.91 Å². The van der Waals surface area contributed by atoms with Crippen LogP contribution in [-0.4, -0.2) is 40.4 Å². The number of nitrogens with zero attached hydrogens (tertiary/aromatic N) is 3. The van der Waals surface area contributed by atoms with Crippen molar-refractivity contribution in [3.05, 3.63) is 41.5 Å². The van der Waals surface area contributed by atoms with Crippen LogP contribution in [0.5, 0.6) is 0 Å². The molecule has 4 rings (SSSR count). The molecule has 3 heterocycles. The molecule has 0 unspecified atom stereocenters. The molecule has 2 aromatic heterocycles. The maximum atomic E-state index is 12.5. The summed E-state index contributed by atoms with van der Waals surface area (Å²) >= 11 is 1.68. The first-order chi connectivity index (χ1) is 13.6. The van der Waals surface area contributed by atoms with E-state index in [4.69, 9.17) is 0 Å². The summed E-state index contributed by atoms with van der Waals surface area (Å²) in [5.41, 5.74) is 2.35. The van der Waals surface area contributed by atoms with E-state index in [1.165, 1.54) is 16.0 Å². The number of likely N-dealkylation sites (tertiary alicyclic amines) is 1. The molecule has 1 fully saturated rings. The number of aryl methyl sites for hydroxylation is 1. The second-order valence-corrected chi connectivity index (χ2v) is 8.74. The van der Waals surface area contributed by atoms with Gasteiger partial charge in [-0.25, -0.2) is 9.97 Å². The zero-order valence-corrected chi connectivity index (χ0v) is 17.3. The van der Waals surface area contributed by atoms with Gasteiger partial charge in [0.1, 0.15) is 17.0 Å². The van der Waals surface area contributed by atoms with Gasteiger partial charge < -0.3 is 10.2 Å². The minimum Gasteiger partial charge on any atom is -0.369 e. The molecule has 1 N–H and O–H groups in total. The molecule has 1 aliphatic rings. The first-order valence-electron chi connectivity index (χ1n) is 9.94. The zero-order valence-electron chi connectivity index (χ0n) is 16.4. The van der Waals surface area contributed by atoms with E-state index >= 15 is 0 Å². The molecular weight excluding hydrogens is 368 g/mol. The number of carbonyl (C=O) groups excluding carboxylic acids is 1. The lowest BCUT2D eigenvalue weighted by Crippen LogP contribution is -2.38. The van der Waals surface area contributed by atoms with Crippen LogP contribution < -0.4 is 5.32 Å². The van der Waals surface area contributed by atoms with E-state index in [2.05, 4.69) is 41.3 Å². The number of piperidine rings is 1. The standard InChI is InChI=1S/C22H26N4OS/c1-15-9-12-26(13-10-15)18(27)8-11-23-21-20-19(17-6-4-3-5-7-17)16(2)28-22(20)25-14-24-21/h3-7,14-15H,8-13H2,1-2H3,(H,23,24,25). The molecule has 0 radical (unpaired) electrons. The Labute approximate surface area is 169 Å². The molecule has 5 nitrogen and oxygen atoms in total. The van der Waals surface area contributed by atoms with Crippen molar-refractivity contribution in [1.82, 2.24) is 14.9 Å². The third-order valence-electron chi connectivity index (χ3n) is 5.49. The van der Waals surface area contributed by atoms with Gasteiger partial charge in [0.25, 0.3) is 0 Å². The van der Waals surface area contributed by atoms with Crippen molar-refractivity contribution >= 4 is 33.3 Å². The number of fused-ring (bicyclic) bond motifs is 1. The highest BCUT2D eigenvalue weighted by atomic mass is 32.1. The third kappa shape index (κ3) is 3.87. The number of carbonyl (C=O) groups is 1. The Bertz CT molecular complexity index is 961. The fraction of sp³-hybridized carbons (Fsp3) is 0.409. The number of thiophene rings is 1. The summed E-state index contributed by atoms with van der Waals surface area (Å²) in [6.45, 7) is 6.75. The molecule has 1 aliphatic heterocycles. The van der Waals surface area contributed by atoms with Gasteiger partial charge in [0, 0.05) is 36.5 Å². The topological polar surface area (TPSA) is 58.1 Å². The van der Waals surface area contributed by atoms with Gasteiger partial charge in [-0.2, -0.15) is 0 Å². The molecule has 0 saturated carbocycles. The Morgan fingerprint density at radius 3 is 2.71 bits per heavy atom. The van der Waals surface area contributed by atoms with Crippen LogP contribution in [0.15, 0.2) is 36.7 Å². The van der Waals surface area contributed by atoms with Gasteiger partial charge in [0.05, 0.1) is 5.39 Å². The lowest BCUT2D eigenvalue weighted by molar-refractivity contribution is -0.132. The number of nitrogens with one attached hydrogen (secondary N) is 1. The van der Waals surface area contributed by atoms with Gasteiger partial charge in [-0.15, -0.1) is 11.3 Å². The summed E-state index contributed by atoms with van der Waals surface area (Å²) in [6.07, 6.45) is 4.31. The van der Waals surface area contributed by atoms with E-state index in [0.717, 1.165) is 47.9 Å². The summed E-state index contributed by atoms with van der Waals surface area (Å²) < 4.78 is 0. The zero-order chi connectivity index (χ0) is 19.5. The predicted molar refractivity (Wildman–Crippen MR) is 116 cm³/mol. The maximum Gasteiger partial charge on any atom is 0.224 e. The Balaban J connectivity index is 1.51. The van der Waals surface area contributed by atoms with Crippen molar-refractivity contribution in [2.24, 2.45) is 5.92 Å². The van der Waals surface area contributed by atoms with Gasteiger partial charge in [0.15, 0.2) is 0 Å². The lowest BCUT2D eigenvalue weighted by Gasteiger charge is -2.30. The predicted octanol–water partition coefficient (Wildman–Crippen LogP) is 4.73. The van der Waals surface area contributed by atoms with Crippen molar-refractivity contribution in [2.75, 3.05) is 25.0 Å². The Kier molecular flexibility index (Phi) is 5.57. The van der Waals surface area contributed by atoms with Crippen LogP contribution in [0.2, 0.25) is 0 Å². The largest absolute Gasteiger partial charge is 0.369 e. The summed E-state index contributed by atoms with van der Waals surface area (Å²) in [5, 5.41) is 4.45. The second-order valence-electron chi connectivity index (χ2n) is 7.54. The number of hydrogen-bond donors (Lipinski definition) is 1. The van der Waals surface area contributed by atoms with E-state index in [1.807, 2.05) is 23.1 Å². The lowest BCUT2D eigenvalue weighted by atomic mass is 9.99. The molecule has 0 atom stereocenters. The van der Waals surface area contributed by atoms with Crippen molar-refractivity contribution in [3.63, 3.8) is 0 Å². The van der Waals surface area contributed by atoms with Gasteiger partial charge in [-0.1, -0.05) is 37.3 Å². The number of aromatic nitrogens is 2. The summed E-state index contributed by atoms with van der Waals surface area (Å²) in [6, 6.07) is 10.4. The van der Waals surface area contributed by atoms with E-state index in [9.17, 15) is 4.79 Å². The van der Waals surface area contributed by atoms with Gasteiger partial charge in [0.2, 0.25) is 5.91 Å². The number of benzene rings is 1. The van der Waals surface area contributed by atoms with E-state index in [1.54, 1.807) is 17.7 Å². The smallest absolute Gasteiger partial charge is 0.224 e. The van der Waals surface area contributed by atoms with Crippen LogP contribution in [0.25, 0.3) is 21.3 Å². The monoisotopic (exact) mass is 394 g/mol. The van der Waals surface area contributed by atoms with E-state index < -0.39 is 0 Å². The average molecular weight is 395 g/mol. The van der Waals surface area contributed by atoms with Crippen LogP contribution in [0.1, 0.15) is 31.1 Å². The Hall–Kier alpha value is -2.47. The van der Waals surface area contributed by atoms with Crippen molar-refractivity contribution in [1.29, 1.82) is 0 Å². The second kappa shape index (κ2) is 8.27. The Morgan fingerprint density at radius 2 is 1.96 bits per heavy atom. The molecule has 0 bridgehead atoms. The average Bonchev–Trinajstić information content (AvgIpc) is 3.05. The van der Waals surface area contributed by atoms with Crippen LogP contribution in [-0.2, 0) is 4.79 Å². The van der Waals surface area contributed by atoms with Gasteiger partial charge >= 0.3 is 0 Å². The number of rotatable bonds is 5. The summed E-state index contributed by atoms with van der Waals surface area (Å²) in [7, 11) is 0. The molecule has 1 saturated heterocycles. The molecule has 3 aromatic rings. The molecule has 0 spiro atoms. The van der Waals surface area contributed by atoms with Crippen LogP contribution >= 0.6 is 11.3 Å². The fourth-order valence-electron chi connectivity index (χ4n) is 3.83. The minimum atomic E-state index is 0.231. The van der Waals surface area contributed by atoms with Crippen molar-refractivity contribution in [2.45, 2.75) is 33.1 Å². The molecular formula is C22H26N4OS. The van der Waals surface area contributed by atoms with Crippen LogP contribution in [0.3, 0.4) is 0 Å². The van der Waals surface area contributed by atoms with Gasteiger partial charge in [-0.05, 0) is 31.2 Å². The van der Waals surface area contributed by atoms with Crippen molar-refractivity contribution in [3.8, 4) is 11.1 Å². The Morgan fingerprint density at radius 1 is 1.21 bits per heavy atom.